The van der Waals surface area contributed by atoms with Gasteiger partial charge in [0, 0.05) is 19.5 Å². The molecule has 0 spiro atoms. The molecule has 1 aromatic carbocycles. The standard InChI is InChI=1S/C15H20N4O/c1-17-10-6-7-12(11-17)14-16-18(2)15(20)19(14)13-8-4-3-5-9-13/h3-5,8-9,12H,6-7,10-11H2,1-2H3. The van der Waals surface area contributed by atoms with Crippen LogP contribution in [-0.2, 0) is 7.05 Å². The molecule has 0 aliphatic carbocycles. The predicted octanol–water partition coefficient (Wildman–Crippen LogP) is 1.38. The zero-order chi connectivity index (χ0) is 14.1. The lowest BCUT2D eigenvalue weighted by Crippen LogP contribution is -2.32. The predicted molar refractivity (Wildman–Crippen MR) is 78.3 cm³/mol. The van der Waals surface area contributed by atoms with Gasteiger partial charge in [-0.05, 0) is 38.6 Å². The van der Waals surface area contributed by atoms with Crippen LogP contribution >= 0.6 is 0 Å². The Bertz CT molecular complexity index is 644. The second kappa shape index (κ2) is 5.25. The van der Waals surface area contributed by atoms with Crippen LogP contribution in [0, 0.1) is 0 Å². The first-order valence-electron chi connectivity index (χ1n) is 7.06. The molecule has 1 aromatic heterocycles. The average molecular weight is 272 g/mol. The average Bonchev–Trinajstić information content (AvgIpc) is 2.76. The Balaban J connectivity index is 2.08. The highest BCUT2D eigenvalue weighted by atomic mass is 16.2. The van der Waals surface area contributed by atoms with Gasteiger partial charge in [-0.1, -0.05) is 18.2 Å². The topological polar surface area (TPSA) is 43.1 Å². The molecule has 2 aromatic rings. The van der Waals surface area contributed by atoms with Gasteiger partial charge in [0.15, 0.2) is 0 Å². The lowest BCUT2D eigenvalue weighted by Gasteiger charge is -2.29. The van der Waals surface area contributed by atoms with Gasteiger partial charge in [-0.15, -0.1) is 0 Å². The maximum atomic E-state index is 12.4. The summed E-state index contributed by atoms with van der Waals surface area (Å²) in [6.07, 6.45) is 2.24. The fraction of sp³-hybridized carbons (Fsp3) is 0.467. The van der Waals surface area contributed by atoms with Crippen LogP contribution in [-0.4, -0.2) is 39.4 Å². The Hall–Kier alpha value is -1.88. The SMILES string of the molecule is CN1CCCC(c2nn(C)c(=O)n2-c2ccccc2)C1. The number of aryl methyl sites for hydroxylation is 1. The van der Waals surface area contributed by atoms with E-state index in [1.165, 1.54) is 4.68 Å². The molecule has 5 nitrogen and oxygen atoms in total. The molecule has 20 heavy (non-hydrogen) atoms. The van der Waals surface area contributed by atoms with Gasteiger partial charge >= 0.3 is 5.69 Å². The fourth-order valence-electron chi connectivity index (χ4n) is 2.95. The molecule has 1 atom stereocenters. The van der Waals surface area contributed by atoms with Crippen LogP contribution in [0.25, 0.3) is 5.69 Å². The molecule has 2 heterocycles. The maximum absolute atomic E-state index is 12.4. The van der Waals surface area contributed by atoms with Gasteiger partial charge in [0.25, 0.3) is 0 Å². The molecular weight excluding hydrogens is 252 g/mol. The summed E-state index contributed by atoms with van der Waals surface area (Å²) in [7, 11) is 3.85. The Morgan fingerprint density at radius 2 is 1.95 bits per heavy atom. The van der Waals surface area contributed by atoms with E-state index < -0.39 is 0 Å². The number of hydrogen-bond donors (Lipinski definition) is 0. The first-order valence-corrected chi connectivity index (χ1v) is 7.06. The minimum absolute atomic E-state index is 0.0700. The molecule has 1 aliphatic heterocycles. The Morgan fingerprint density at radius 1 is 1.20 bits per heavy atom. The van der Waals surface area contributed by atoms with Gasteiger partial charge in [0.05, 0.1) is 5.69 Å². The summed E-state index contributed by atoms with van der Waals surface area (Å²) >= 11 is 0. The molecule has 1 aliphatic rings. The van der Waals surface area contributed by atoms with Crippen LogP contribution in [0.15, 0.2) is 35.1 Å². The van der Waals surface area contributed by atoms with E-state index in [2.05, 4.69) is 17.0 Å². The number of likely N-dealkylation sites (N-methyl/N-ethyl adjacent to an activating group) is 1. The Labute approximate surface area is 118 Å². The number of rotatable bonds is 2. The lowest BCUT2D eigenvalue weighted by atomic mass is 9.97. The molecular formula is C15H20N4O. The lowest BCUT2D eigenvalue weighted by molar-refractivity contribution is 0.244. The molecule has 1 unspecified atom stereocenters. The van der Waals surface area contributed by atoms with Crippen molar-refractivity contribution in [2.75, 3.05) is 20.1 Å². The number of likely N-dealkylation sites (tertiary alicyclic amines) is 1. The molecule has 0 bridgehead atoms. The summed E-state index contributed by atoms with van der Waals surface area (Å²) in [6, 6.07) is 9.77. The van der Waals surface area contributed by atoms with Gasteiger partial charge in [0.2, 0.25) is 0 Å². The van der Waals surface area contributed by atoms with Crippen molar-refractivity contribution in [3.8, 4) is 5.69 Å². The molecule has 3 rings (SSSR count). The van der Waals surface area contributed by atoms with Crippen LogP contribution in [0.5, 0.6) is 0 Å². The van der Waals surface area contributed by atoms with Crippen molar-refractivity contribution >= 4 is 0 Å². The summed E-state index contributed by atoms with van der Waals surface area (Å²) in [5, 5.41) is 4.49. The van der Waals surface area contributed by atoms with E-state index in [9.17, 15) is 4.79 Å². The highest BCUT2D eigenvalue weighted by Gasteiger charge is 2.25. The van der Waals surface area contributed by atoms with Gasteiger partial charge in [-0.2, -0.15) is 5.10 Å². The van der Waals surface area contributed by atoms with Crippen LogP contribution in [0.4, 0.5) is 0 Å². The van der Waals surface area contributed by atoms with Gasteiger partial charge in [-0.25, -0.2) is 14.0 Å². The van der Waals surface area contributed by atoms with Crippen molar-refractivity contribution in [2.24, 2.45) is 7.05 Å². The van der Waals surface area contributed by atoms with Crippen molar-refractivity contribution in [1.29, 1.82) is 0 Å². The molecule has 0 saturated carbocycles. The van der Waals surface area contributed by atoms with Gasteiger partial charge in [0.1, 0.15) is 5.82 Å². The molecule has 0 radical (unpaired) electrons. The summed E-state index contributed by atoms with van der Waals surface area (Å²) < 4.78 is 3.20. The first kappa shape index (κ1) is 13.1. The van der Waals surface area contributed by atoms with Gasteiger partial charge < -0.3 is 4.90 Å². The molecule has 106 valence electrons. The number of nitrogens with zero attached hydrogens (tertiary/aromatic N) is 4. The van der Waals surface area contributed by atoms with Crippen LogP contribution in [0.1, 0.15) is 24.6 Å². The minimum atomic E-state index is -0.0700. The smallest absolute Gasteiger partial charge is 0.306 e. The molecule has 0 N–H and O–H groups in total. The third kappa shape index (κ3) is 2.29. The third-order valence-electron chi connectivity index (χ3n) is 3.95. The van der Waals surface area contributed by atoms with Gasteiger partial charge in [-0.3, -0.25) is 0 Å². The maximum Gasteiger partial charge on any atom is 0.350 e. The van der Waals surface area contributed by atoms with E-state index in [-0.39, 0.29) is 5.69 Å². The molecule has 5 heteroatoms. The van der Waals surface area contributed by atoms with Crippen LogP contribution in [0.2, 0.25) is 0 Å². The van der Waals surface area contributed by atoms with E-state index in [4.69, 9.17) is 0 Å². The third-order valence-corrected chi connectivity index (χ3v) is 3.95. The number of benzene rings is 1. The number of piperidine rings is 1. The van der Waals surface area contributed by atoms with Crippen molar-refractivity contribution < 1.29 is 0 Å². The van der Waals surface area contributed by atoms with E-state index in [1.807, 2.05) is 30.3 Å². The zero-order valence-electron chi connectivity index (χ0n) is 12.0. The second-order valence-corrected chi connectivity index (χ2v) is 5.54. The van der Waals surface area contributed by atoms with E-state index in [0.717, 1.165) is 37.4 Å². The zero-order valence-corrected chi connectivity index (χ0v) is 12.0. The van der Waals surface area contributed by atoms with E-state index in [1.54, 1.807) is 11.6 Å². The minimum Gasteiger partial charge on any atom is -0.306 e. The Kier molecular flexibility index (Phi) is 3.44. The number of hydrogen-bond acceptors (Lipinski definition) is 3. The van der Waals surface area contributed by atoms with Crippen molar-refractivity contribution in [3.05, 3.63) is 46.6 Å². The largest absolute Gasteiger partial charge is 0.350 e. The van der Waals surface area contributed by atoms with Crippen molar-refractivity contribution in [3.63, 3.8) is 0 Å². The van der Waals surface area contributed by atoms with Crippen LogP contribution < -0.4 is 5.69 Å². The highest BCUT2D eigenvalue weighted by Crippen LogP contribution is 2.25. The van der Waals surface area contributed by atoms with E-state index >= 15 is 0 Å². The summed E-state index contributed by atoms with van der Waals surface area (Å²) in [6.45, 7) is 2.09. The highest BCUT2D eigenvalue weighted by molar-refractivity contribution is 5.33. The monoisotopic (exact) mass is 272 g/mol. The number of aromatic nitrogens is 3. The Morgan fingerprint density at radius 3 is 2.65 bits per heavy atom. The van der Waals surface area contributed by atoms with Crippen molar-refractivity contribution in [1.82, 2.24) is 19.2 Å². The van der Waals surface area contributed by atoms with Crippen molar-refractivity contribution in [2.45, 2.75) is 18.8 Å². The quantitative estimate of drug-likeness (QED) is 0.829. The first-order chi connectivity index (χ1) is 9.66. The molecule has 1 fully saturated rings. The summed E-state index contributed by atoms with van der Waals surface area (Å²) in [4.78, 5) is 14.7. The van der Waals surface area contributed by atoms with E-state index in [0.29, 0.717) is 5.92 Å². The summed E-state index contributed by atoms with van der Waals surface area (Å²) in [5.74, 6) is 1.21. The fourth-order valence-corrected chi connectivity index (χ4v) is 2.95. The summed E-state index contributed by atoms with van der Waals surface area (Å²) in [5.41, 5.74) is 0.827. The second-order valence-electron chi connectivity index (χ2n) is 5.54. The number of para-hydroxylation sites is 1. The molecule has 0 amide bonds. The normalized spacial score (nSPS) is 20.2. The molecule has 1 saturated heterocycles. The van der Waals surface area contributed by atoms with Crippen LogP contribution in [0.3, 0.4) is 0 Å².